The van der Waals surface area contributed by atoms with Gasteiger partial charge in [0.2, 0.25) is 11.6 Å². The second-order valence-corrected chi connectivity index (χ2v) is 3.63. The zero-order valence-electron chi connectivity index (χ0n) is 9.91. The van der Waals surface area contributed by atoms with E-state index in [9.17, 15) is 9.90 Å². The van der Waals surface area contributed by atoms with E-state index < -0.39 is 5.97 Å². The molecule has 0 aliphatic rings. The van der Waals surface area contributed by atoms with Crippen molar-refractivity contribution in [1.29, 1.82) is 0 Å². The molecule has 0 aliphatic heterocycles. The Kier molecular flexibility index (Phi) is 3.57. The Morgan fingerprint density at radius 1 is 1.39 bits per heavy atom. The van der Waals surface area contributed by atoms with Crippen molar-refractivity contribution in [3.63, 3.8) is 0 Å². The molecule has 0 radical (unpaired) electrons. The van der Waals surface area contributed by atoms with Crippen LogP contribution >= 0.6 is 0 Å². The maximum absolute atomic E-state index is 11.4. The van der Waals surface area contributed by atoms with Crippen LogP contribution in [0.2, 0.25) is 0 Å². The monoisotopic (exact) mass is 247 g/mol. The molecule has 0 saturated heterocycles. The number of carbonyl (C=O) groups excluding carboxylic acids is 1. The summed E-state index contributed by atoms with van der Waals surface area (Å²) in [4.78, 5) is 11.4. The molecule has 1 aromatic heterocycles. The Morgan fingerprint density at radius 3 is 2.78 bits per heavy atom. The maximum atomic E-state index is 11.4. The first-order valence-electron chi connectivity index (χ1n) is 5.56. The van der Waals surface area contributed by atoms with Crippen molar-refractivity contribution >= 4 is 5.97 Å². The van der Waals surface area contributed by atoms with Crippen molar-refractivity contribution in [3.05, 3.63) is 41.6 Å². The van der Waals surface area contributed by atoms with E-state index in [1.54, 1.807) is 6.92 Å². The molecule has 1 aromatic carbocycles. The predicted molar refractivity (Wildman–Crippen MR) is 63.2 cm³/mol. The highest BCUT2D eigenvalue weighted by molar-refractivity contribution is 5.89. The van der Waals surface area contributed by atoms with Gasteiger partial charge in [0.15, 0.2) is 0 Å². The quantitative estimate of drug-likeness (QED) is 0.822. The molecule has 0 bridgehead atoms. The zero-order chi connectivity index (χ0) is 13.0. The van der Waals surface area contributed by atoms with Crippen molar-refractivity contribution < 1.29 is 14.6 Å². The van der Waals surface area contributed by atoms with E-state index in [2.05, 4.69) is 10.3 Å². The Labute approximate surface area is 104 Å². The van der Waals surface area contributed by atoms with Crippen molar-refractivity contribution in [3.8, 4) is 5.88 Å². The van der Waals surface area contributed by atoms with E-state index in [-0.39, 0.29) is 18.2 Å². The number of aromatic hydroxyl groups is 1. The summed E-state index contributed by atoms with van der Waals surface area (Å²) in [5.41, 5.74) is 0.792. The van der Waals surface area contributed by atoms with E-state index in [4.69, 9.17) is 4.74 Å². The molecule has 0 spiro atoms. The fraction of sp³-hybridized carbons (Fsp3) is 0.250. The molecule has 0 atom stereocenters. The van der Waals surface area contributed by atoms with Crippen LogP contribution in [0.4, 0.5) is 0 Å². The lowest BCUT2D eigenvalue weighted by Gasteiger charge is -2.02. The summed E-state index contributed by atoms with van der Waals surface area (Å²) in [7, 11) is 0. The first-order chi connectivity index (χ1) is 8.72. The lowest BCUT2D eigenvalue weighted by Crippen LogP contribution is -2.06. The van der Waals surface area contributed by atoms with E-state index in [1.165, 1.54) is 4.68 Å². The van der Waals surface area contributed by atoms with Gasteiger partial charge < -0.3 is 9.84 Å². The summed E-state index contributed by atoms with van der Waals surface area (Å²) >= 11 is 0. The lowest BCUT2D eigenvalue weighted by atomic mass is 10.2. The fourth-order valence-corrected chi connectivity index (χ4v) is 1.50. The standard InChI is InChI=1S/C12H13N3O3/c1-2-18-12(17)10-11(16)15(14-13-10)8-9-6-4-3-5-7-9/h3-7,16H,2,8H2,1H3. The molecule has 2 rings (SSSR count). The van der Waals surface area contributed by atoms with Gasteiger partial charge in [0.1, 0.15) is 0 Å². The highest BCUT2D eigenvalue weighted by Crippen LogP contribution is 2.16. The van der Waals surface area contributed by atoms with E-state index in [0.717, 1.165) is 5.56 Å². The molecule has 94 valence electrons. The van der Waals surface area contributed by atoms with Crippen LogP contribution in [-0.2, 0) is 11.3 Å². The minimum Gasteiger partial charge on any atom is -0.492 e. The summed E-state index contributed by atoms with van der Waals surface area (Å²) in [6.45, 7) is 2.26. The van der Waals surface area contributed by atoms with Gasteiger partial charge >= 0.3 is 5.97 Å². The van der Waals surface area contributed by atoms with Crippen molar-refractivity contribution in [2.45, 2.75) is 13.5 Å². The maximum Gasteiger partial charge on any atom is 0.364 e. The molecule has 1 N–H and O–H groups in total. The third-order valence-corrected chi connectivity index (χ3v) is 2.35. The third kappa shape index (κ3) is 2.48. The summed E-state index contributed by atoms with van der Waals surface area (Å²) in [6, 6.07) is 9.45. The predicted octanol–water partition coefficient (Wildman–Crippen LogP) is 1.21. The van der Waals surface area contributed by atoms with Crippen LogP contribution in [0.15, 0.2) is 30.3 Å². The van der Waals surface area contributed by atoms with Crippen LogP contribution in [0.3, 0.4) is 0 Å². The molecule has 6 heteroatoms. The van der Waals surface area contributed by atoms with Crippen LogP contribution in [0.5, 0.6) is 5.88 Å². The minimum absolute atomic E-state index is 0.159. The average molecular weight is 247 g/mol. The number of hydrogen-bond donors (Lipinski definition) is 1. The van der Waals surface area contributed by atoms with E-state index in [1.807, 2.05) is 30.3 Å². The number of carbonyl (C=O) groups is 1. The van der Waals surface area contributed by atoms with Crippen molar-refractivity contribution in [2.75, 3.05) is 6.61 Å². The molecule has 2 aromatic rings. The summed E-state index contributed by atoms with van der Waals surface area (Å²) < 4.78 is 6.01. The summed E-state index contributed by atoms with van der Waals surface area (Å²) in [6.07, 6.45) is 0. The van der Waals surface area contributed by atoms with Crippen LogP contribution in [-0.4, -0.2) is 32.7 Å². The molecule has 0 amide bonds. The lowest BCUT2D eigenvalue weighted by molar-refractivity contribution is 0.0515. The van der Waals surface area contributed by atoms with Crippen LogP contribution in [0.25, 0.3) is 0 Å². The van der Waals surface area contributed by atoms with Gasteiger partial charge in [-0.1, -0.05) is 35.5 Å². The number of hydrogen-bond acceptors (Lipinski definition) is 5. The molecular formula is C12H13N3O3. The molecular weight excluding hydrogens is 234 g/mol. The molecule has 1 heterocycles. The second kappa shape index (κ2) is 5.31. The second-order valence-electron chi connectivity index (χ2n) is 3.63. The van der Waals surface area contributed by atoms with E-state index in [0.29, 0.717) is 6.54 Å². The van der Waals surface area contributed by atoms with Crippen LogP contribution < -0.4 is 0 Å². The number of rotatable bonds is 4. The van der Waals surface area contributed by atoms with Gasteiger partial charge in [-0.15, -0.1) is 5.10 Å². The summed E-state index contributed by atoms with van der Waals surface area (Å²) in [5, 5.41) is 17.2. The third-order valence-electron chi connectivity index (χ3n) is 2.35. The zero-order valence-corrected chi connectivity index (χ0v) is 9.91. The van der Waals surface area contributed by atoms with Gasteiger partial charge in [0, 0.05) is 0 Å². The summed E-state index contributed by atoms with van der Waals surface area (Å²) in [5.74, 6) is -0.952. The first-order valence-corrected chi connectivity index (χ1v) is 5.56. The van der Waals surface area contributed by atoms with Gasteiger partial charge in [0.05, 0.1) is 13.2 Å². The van der Waals surface area contributed by atoms with Gasteiger partial charge in [0.25, 0.3) is 0 Å². The Hall–Kier alpha value is -2.37. The van der Waals surface area contributed by atoms with E-state index >= 15 is 0 Å². The molecule has 0 aliphatic carbocycles. The first kappa shape index (κ1) is 12.1. The Balaban J connectivity index is 2.18. The Bertz CT molecular complexity index is 537. The number of esters is 1. The average Bonchev–Trinajstić information content (AvgIpc) is 2.73. The highest BCUT2D eigenvalue weighted by Gasteiger charge is 2.20. The molecule has 6 nitrogen and oxygen atoms in total. The number of ether oxygens (including phenoxy) is 1. The van der Waals surface area contributed by atoms with Crippen LogP contribution in [0.1, 0.15) is 23.0 Å². The van der Waals surface area contributed by atoms with Gasteiger partial charge in [-0.05, 0) is 12.5 Å². The highest BCUT2D eigenvalue weighted by atomic mass is 16.5. The molecule has 0 fully saturated rings. The number of nitrogens with zero attached hydrogens (tertiary/aromatic N) is 3. The normalized spacial score (nSPS) is 10.3. The van der Waals surface area contributed by atoms with Gasteiger partial charge in [-0.25, -0.2) is 9.48 Å². The molecule has 0 saturated carbocycles. The largest absolute Gasteiger partial charge is 0.492 e. The Morgan fingerprint density at radius 2 is 2.11 bits per heavy atom. The van der Waals surface area contributed by atoms with Crippen molar-refractivity contribution in [2.24, 2.45) is 0 Å². The van der Waals surface area contributed by atoms with Crippen LogP contribution in [0, 0.1) is 0 Å². The molecule has 18 heavy (non-hydrogen) atoms. The van der Waals surface area contributed by atoms with Gasteiger partial charge in [-0.2, -0.15) is 0 Å². The number of benzene rings is 1. The SMILES string of the molecule is CCOC(=O)c1nnn(Cc2ccccc2)c1O. The smallest absolute Gasteiger partial charge is 0.364 e. The fourth-order valence-electron chi connectivity index (χ4n) is 1.50. The number of aromatic nitrogens is 3. The molecule has 0 unspecified atom stereocenters. The van der Waals surface area contributed by atoms with Gasteiger partial charge in [-0.3, -0.25) is 0 Å². The topological polar surface area (TPSA) is 77.2 Å². The minimum atomic E-state index is -0.672. The van der Waals surface area contributed by atoms with Crippen molar-refractivity contribution in [1.82, 2.24) is 15.0 Å².